The van der Waals surface area contributed by atoms with Crippen molar-refractivity contribution < 1.29 is 19.1 Å². The van der Waals surface area contributed by atoms with Crippen LogP contribution in [0.4, 0.5) is 10.5 Å². The molecule has 0 bridgehead atoms. The first-order chi connectivity index (χ1) is 17.5. The zero-order chi connectivity index (χ0) is 28.8. The number of aryl methyl sites for hydroxylation is 1. The van der Waals surface area contributed by atoms with Crippen LogP contribution in [-0.4, -0.2) is 40.0 Å². The van der Waals surface area contributed by atoms with E-state index in [9.17, 15) is 14.4 Å². The molecule has 0 saturated carbocycles. The normalized spacial score (nSPS) is 13.2. The summed E-state index contributed by atoms with van der Waals surface area (Å²) in [7, 11) is 0. The highest BCUT2D eigenvalue weighted by Gasteiger charge is 2.42. The Morgan fingerprint density at radius 2 is 1.53 bits per heavy atom. The van der Waals surface area contributed by atoms with E-state index in [0.717, 1.165) is 5.56 Å². The van der Waals surface area contributed by atoms with Gasteiger partial charge >= 0.3 is 6.09 Å². The van der Waals surface area contributed by atoms with Gasteiger partial charge in [-0.15, -0.1) is 6.42 Å². The van der Waals surface area contributed by atoms with Crippen LogP contribution in [0.15, 0.2) is 48.5 Å². The van der Waals surface area contributed by atoms with Gasteiger partial charge in [-0.2, -0.15) is 0 Å². The van der Waals surface area contributed by atoms with Crippen LogP contribution < -0.4 is 10.6 Å². The highest BCUT2D eigenvalue weighted by atomic mass is 16.6. The minimum atomic E-state index is -1.00. The van der Waals surface area contributed by atoms with Crippen LogP contribution in [0.25, 0.3) is 0 Å². The Bertz CT molecular complexity index is 1180. The standard InChI is InChI=1S/C31H41N3O4/c1-11-22-16-18-23(19-17-22)26(27(35)32-24-15-13-12-14-21(24)4)34(30(5,6)7)28(36)25(20(2)3)33-29(37)38-31(8,9)10/h1,12-20,25-26H,2-10H3,(H,32,35)(H,33,37). The quantitative estimate of drug-likeness (QED) is 0.451. The smallest absolute Gasteiger partial charge is 0.408 e. The Hall–Kier alpha value is -3.79. The third-order valence-corrected chi connectivity index (χ3v) is 5.87. The van der Waals surface area contributed by atoms with Crippen molar-refractivity contribution in [2.75, 3.05) is 5.32 Å². The lowest BCUT2D eigenvalue weighted by Gasteiger charge is -2.43. The van der Waals surface area contributed by atoms with Crippen molar-refractivity contribution in [2.45, 2.75) is 85.5 Å². The number of hydrogen-bond acceptors (Lipinski definition) is 4. The van der Waals surface area contributed by atoms with Crippen LogP contribution in [0.1, 0.15) is 78.1 Å². The molecule has 7 heteroatoms. The molecule has 0 radical (unpaired) electrons. The number of benzene rings is 2. The Balaban J connectivity index is 2.60. The van der Waals surface area contributed by atoms with Gasteiger partial charge in [0.1, 0.15) is 17.7 Å². The fourth-order valence-electron chi connectivity index (χ4n) is 4.04. The van der Waals surface area contributed by atoms with E-state index in [1.54, 1.807) is 45.0 Å². The molecule has 38 heavy (non-hydrogen) atoms. The van der Waals surface area contributed by atoms with Gasteiger partial charge in [-0.1, -0.05) is 50.1 Å². The summed E-state index contributed by atoms with van der Waals surface area (Å²) in [5.74, 6) is 1.53. The van der Waals surface area contributed by atoms with Crippen molar-refractivity contribution in [3.63, 3.8) is 0 Å². The zero-order valence-electron chi connectivity index (χ0n) is 24.0. The zero-order valence-corrected chi connectivity index (χ0v) is 24.0. The maximum absolute atomic E-state index is 14.2. The molecular formula is C31H41N3O4. The van der Waals surface area contributed by atoms with Crippen LogP contribution in [0.2, 0.25) is 0 Å². The van der Waals surface area contributed by atoms with Gasteiger partial charge in [-0.3, -0.25) is 9.59 Å². The molecule has 2 aromatic carbocycles. The number of rotatable bonds is 7. The number of nitrogens with one attached hydrogen (secondary N) is 2. The summed E-state index contributed by atoms with van der Waals surface area (Å²) in [5, 5.41) is 5.74. The fourth-order valence-corrected chi connectivity index (χ4v) is 4.04. The predicted molar refractivity (Wildman–Crippen MR) is 152 cm³/mol. The molecule has 0 heterocycles. The number of nitrogens with zero attached hydrogens (tertiary/aromatic N) is 1. The third kappa shape index (κ3) is 8.11. The number of anilines is 1. The molecular weight excluding hydrogens is 478 g/mol. The summed E-state index contributed by atoms with van der Waals surface area (Å²) >= 11 is 0. The van der Waals surface area contributed by atoms with E-state index in [0.29, 0.717) is 16.8 Å². The molecule has 0 fully saturated rings. The molecule has 204 valence electrons. The average molecular weight is 520 g/mol. The molecule has 3 amide bonds. The molecule has 0 aliphatic carbocycles. The molecule has 2 rings (SSSR count). The highest BCUT2D eigenvalue weighted by molar-refractivity contribution is 5.99. The van der Waals surface area contributed by atoms with Gasteiger partial charge in [0.2, 0.25) is 5.91 Å². The van der Waals surface area contributed by atoms with Crippen LogP contribution in [0.3, 0.4) is 0 Å². The van der Waals surface area contributed by atoms with Crippen molar-refractivity contribution in [3.8, 4) is 12.3 Å². The average Bonchev–Trinajstić information content (AvgIpc) is 2.80. The monoisotopic (exact) mass is 519 g/mol. The first kappa shape index (κ1) is 30.4. The fraction of sp³-hybridized carbons (Fsp3) is 0.452. The second-order valence-corrected chi connectivity index (χ2v) is 11.7. The van der Waals surface area contributed by atoms with Gasteiger partial charge in [0, 0.05) is 16.8 Å². The number of terminal acetylenes is 1. The SMILES string of the molecule is C#Cc1ccc(C(C(=O)Nc2ccccc2C)N(C(=O)C(NC(=O)OC(C)(C)C)C(C)C)C(C)(C)C)cc1. The molecule has 2 aromatic rings. The van der Waals surface area contributed by atoms with Crippen LogP contribution in [-0.2, 0) is 14.3 Å². The lowest BCUT2D eigenvalue weighted by molar-refractivity contribution is -0.147. The minimum Gasteiger partial charge on any atom is -0.444 e. The van der Waals surface area contributed by atoms with Gasteiger partial charge < -0.3 is 20.3 Å². The summed E-state index contributed by atoms with van der Waals surface area (Å²) in [6.45, 7) is 16.4. The summed E-state index contributed by atoms with van der Waals surface area (Å²) < 4.78 is 5.43. The highest BCUT2D eigenvalue weighted by Crippen LogP contribution is 2.32. The molecule has 2 atom stereocenters. The lowest BCUT2D eigenvalue weighted by Crippen LogP contribution is -2.59. The predicted octanol–water partition coefficient (Wildman–Crippen LogP) is 5.83. The molecule has 0 aliphatic heterocycles. The number of carbonyl (C=O) groups excluding carboxylic acids is 3. The Labute approximate surface area is 227 Å². The second-order valence-electron chi connectivity index (χ2n) is 11.7. The van der Waals surface area contributed by atoms with E-state index in [1.807, 2.05) is 65.8 Å². The van der Waals surface area contributed by atoms with Crippen LogP contribution in [0, 0.1) is 25.2 Å². The molecule has 7 nitrogen and oxygen atoms in total. The largest absolute Gasteiger partial charge is 0.444 e. The van der Waals surface area contributed by atoms with Crippen molar-refractivity contribution in [1.29, 1.82) is 0 Å². The molecule has 2 unspecified atom stereocenters. The van der Waals surface area contributed by atoms with Gasteiger partial charge in [-0.05, 0) is 83.7 Å². The van der Waals surface area contributed by atoms with Crippen molar-refractivity contribution in [1.82, 2.24) is 10.2 Å². The molecule has 0 aliphatic rings. The summed E-state index contributed by atoms with van der Waals surface area (Å²) in [6.07, 6.45) is 4.85. The van der Waals surface area contributed by atoms with Crippen LogP contribution >= 0.6 is 0 Å². The van der Waals surface area contributed by atoms with E-state index >= 15 is 0 Å². The Kier molecular flexibility index (Phi) is 9.75. The molecule has 0 aromatic heterocycles. The molecule has 2 N–H and O–H groups in total. The Morgan fingerprint density at radius 3 is 2.00 bits per heavy atom. The van der Waals surface area contributed by atoms with Crippen LogP contribution in [0.5, 0.6) is 0 Å². The minimum absolute atomic E-state index is 0.274. The van der Waals surface area contributed by atoms with E-state index in [1.165, 1.54) is 4.90 Å². The van der Waals surface area contributed by atoms with Gasteiger partial charge in [-0.25, -0.2) is 4.79 Å². The number of para-hydroxylation sites is 1. The maximum Gasteiger partial charge on any atom is 0.408 e. The number of carbonyl (C=O) groups is 3. The number of hydrogen-bond donors (Lipinski definition) is 2. The van der Waals surface area contributed by atoms with Crippen molar-refractivity contribution in [2.24, 2.45) is 5.92 Å². The van der Waals surface area contributed by atoms with Crippen molar-refractivity contribution in [3.05, 3.63) is 65.2 Å². The number of alkyl carbamates (subject to hydrolysis) is 1. The summed E-state index contributed by atoms with van der Waals surface area (Å²) in [6, 6.07) is 12.5. The maximum atomic E-state index is 14.2. The van der Waals surface area contributed by atoms with E-state index in [4.69, 9.17) is 11.2 Å². The lowest BCUT2D eigenvalue weighted by atomic mass is 9.92. The van der Waals surface area contributed by atoms with Gasteiger partial charge in [0.15, 0.2) is 0 Å². The second kappa shape index (κ2) is 12.2. The van der Waals surface area contributed by atoms with Gasteiger partial charge in [0.25, 0.3) is 5.91 Å². The van der Waals surface area contributed by atoms with E-state index < -0.39 is 35.2 Å². The molecule has 0 spiro atoms. The first-order valence-corrected chi connectivity index (χ1v) is 12.8. The number of amides is 3. The number of ether oxygens (including phenoxy) is 1. The van der Waals surface area contributed by atoms with E-state index in [-0.39, 0.29) is 11.8 Å². The van der Waals surface area contributed by atoms with Crippen molar-refractivity contribution >= 4 is 23.6 Å². The van der Waals surface area contributed by atoms with Gasteiger partial charge in [0.05, 0.1) is 0 Å². The first-order valence-electron chi connectivity index (χ1n) is 12.8. The summed E-state index contributed by atoms with van der Waals surface area (Å²) in [4.78, 5) is 42.4. The summed E-state index contributed by atoms with van der Waals surface area (Å²) in [5.41, 5.74) is 1.27. The Morgan fingerprint density at radius 1 is 0.947 bits per heavy atom. The topological polar surface area (TPSA) is 87.7 Å². The third-order valence-electron chi connectivity index (χ3n) is 5.87. The molecule has 0 saturated heterocycles. The van der Waals surface area contributed by atoms with E-state index in [2.05, 4.69) is 16.6 Å².